The summed E-state index contributed by atoms with van der Waals surface area (Å²) in [6.45, 7) is 0.694. The number of thiazole rings is 1. The maximum absolute atomic E-state index is 4.15. The average Bonchev–Trinajstić information content (AvgIpc) is 2.71. The Labute approximate surface area is 79.5 Å². The van der Waals surface area contributed by atoms with Crippen molar-refractivity contribution in [2.24, 2.45) is 0 Å². The van der Waals surface area contributed by atoms with E-state index in [9.17, 15) is 0 Å². The predicted octanol–water partition coefficient (Wildman–Crippen LogP) is 0.443. The van der Waals surface area contributed by atoms with Crippen molar-refractivity contribution in [2.45, 2.75) is 6.54 Å². The van der Waals surface area contributed by atoms with Crippen LogP contribution in [0.15, 0.2) is 17.9 Å². The fraction of sp³-hybridized carbons (Fsp3) is 0.286. The van der Waals surface area contributed by atoms with Crippen molar-refractivity contribution in [3.05, 3.63) is 23.7 Å². The molecule has 0 aliphatic heterocycles. The van der Waals surface area contributed by atoms with E-state index in [-0.39, 0.29) is 0 Å². The van der Waals surface area contributed by atoms with E-state index in [1.165, 1.54) is 6.33 Å². The lowest BCUT2D eigenvalue weighted by Gasteiger charge is -1.99. The molecule has 0 unspecified atom stereocenters. The van der Waals surface area contributed by atoms with E-state index < -0.39 is 0 Å². The maximum atomic E-state index is 4.15. The predicted molar refractivity (Wildman–Crippen MR) is 49.8 cm³/mol. The van der Waals surface area contributed by atoms with Crippen LogP contribution in [0.4, 0.5) is 0 Å². The maximum Gasteiger partial charge on any atom is 0.212 e. The second-order valence-corrected chi connectivity index (χ2v) is 3.31. The Morgan fingerprint density at radius 2 is 2.46 bits per heavy atom. The summed E-state index contributed by atoms with van der Waals surface area (Å²) in [5.74, 6) is 0.873. The Bertz CT molecular complexity index is 366. The van der Waals surface area contributed by atoms with Crippen molar-refractivity contribution in [3.8, 4) is 5.13 Å². The van der Waals surface area contributed by atoms with Gasteiger partial charge in [0.2, 0.25) is 5.13 Å². The molecule has 0 aliphatic carbocycles. The van der Waals surface area contributed by atoms with Crippen molar-refractivity contribution < 1.29 is 0 Å². The Hall–Kier alpha value is -1.27. The van der Waals surface area contributed by atoms with Crippen LogP contribution in [-0.4, -0.2) is 26.8 Å². The standard InChI is InChI=1S/C7H9N5S/c1-8-4-6-10-5-11-12(6)7-9-2-3-13-7/h2-3,5,8H,4H2,1H3. The van der Waals surface area contributed by atoms with Gasteiger partial charge in [-0.1, -0.05) is 0 Å². The van der Waals surface area contributed by atoms with Crippen molar-refractivity contribution in [1.82, 2.24) is 25.1 Å². The van der Waals surface area contributed by atoms with E-state index in [1.807, 2.05) is 12.4 Å². The van der Waals surface area contributed by atoms with Crippen LogP contribution in [0, 0.1) is 0 Å². The fourth-order valence-corrected chi connectivity index (χ4v) is 1.64. The molecule has 0 fully saturated rings. The molecular weight excluding hydrogens is 186 g/mol. The van der Waals surface area contributed by atoms with E-state index in [0.29, 0.717) is 6.54 Å². The molecule has 2 heterocycles. The quantitative estimate of drug-likeness (QED) is 0.772. The van der Waals surface area contributed by atoms with Crippen LogP contribution >= 0.6 is 11.3 Å². The van der Waals surface area contributed by atoms with Gasteiger partial charge in [-0.3, -0.25) is 0 Å². The van der Waals surface area contributed by atoms with Crippen LogP contribution in [0.1, 0.15) is 5.82 Å². The normalized spacial score (nSPS) is 10.5. The molecule has 2 rings (SSSR count). The smallest absolute Gasteiger partial charge is 0.212 e. The summed E-state index contributed by atoms with van der Waals surface area (Å²) in [6, 6.07) is 0. The minimum absolute atomic E-state index is 0.694. The van der Waals surface area contributed by atoms with Crippen molar-refractivity contribution in [2.75, 3.05) is 7.05 Å². The summed E-state index contributed by atoms with van der Waals surface area (Å²) >= 11 is 1.54. The SMILES string of the molecule is CNCc1ncnn1-c1nccs1. The first-order valence-corrected chi connectivity index (χ1v) is 4.73. The summed E-state index contributed by atoms with van der Waals surface area (Å²) in [7, 11) is 1.88. The van der Waals surface area contributed by atoms with E-state index in [1.54, 1.807) is 22.2 Å². The third kappa shape index (κ3) is 1.58. The highest BCUT2D eigenvalue weighted by atomic mass is 32.1. The first-order valence-electron chi connectivity index (χ1n) is 3.85. The first-order chi connectivity index (χ1) is 6.42. The van der Waals surface area contributed by atoms with Gasteiger partial charge in [0, 0.05) is 11.6 Å². The van der Waals surface area contributed by atoms with Crippen molar-refractivity contribution >= 4 is 11.3 Å². The van der Waals surface area contributed by atoms with Crippen LogP contribution in [0.25, 0.3) is 5.13 Å². The van der Waals surface area contributed by atoms with Gasteiger partial charge in [0.05, 0.1) is 6.54 Å². The zero-order valence-electron chi connectivity index (χ0n) is 7.14. The van der Waals surface area contributed by atoms with Gasteiger partial charge in [-0.2, -0.15) is 9.78 Å². The Morgan fingerprint density at radius 3 is 3.15 bits per heavy atom. The average molecular weight is 195 g/mol. The van der Waals surface area contributed by atoms with Gasteiger partial charge in [-0.05, 0) is 7.05 Å². The molecule has 0 saturated carbocycles. The van der Waals surface area contributed by atoms with Crippen molar-refractivity contribution in [3.63, 3.8) is 0 Å². The summed E-state index contributed by atoms with van der Waals surface area (Å²) in [6.07, 6.45) is 3.29. The Kier molecular flexibility index (Phi) is 2.33. The molecule has 0 saturated heterocycles. The molecule has 13 heavy (non-hydrogen) atoms. The Balaban J connectivity index is 2.35. The zero-order chi connectivity index (χ0) is 9.10. The topological polar surface area (TPSA) is 55.6 Å². The van der Waals surface area contributed by atoms with Crippen LogP contribution in [0.2, 0.25) is 0 Å². The number of nitrogens with one attached hydrogen (secondary N) is 1. The molecule has 6 heteroatoms. The highest BCUT2D eigenvalue weighted by Crippen LogP contribution is 2.10. The molecule has 5 nitrogen and oxygen atoms in total. The summed E-state index contributed by atoms with van der Waals surface area (Å²) in [5.41, 5.74) is 0. The Morgan fingerprint density at radius 1 is 1.54 bits per heavy atom. The number of nitrogens with zero attached hydrogens (tertiary/aromatic N) is 4. The van der Waals surface area contributed by atoms with Crippen molar-refractivity contribution in [1.29, 1.82) is 0 Å². The van der Waals surface area contributed by atoms with Gasteiger partial charge < -0.3 is 5.32 Å². The molecule has 2 aromatic rings. The van der Waals surface area contributed by atoms with E-state index in [2.05, 4.69) is 20.4 Å². The molecule has 2 aromatic heterocycles. The highest BCUT2D eigenvalue weighted by molar-refractivity contribution is 7.12. The molecule has 0 radical (unpaired) electrons. The molecule has 0 aliphatic rings. The largest absolute Gasteiger partial charge is 0.313 e. The van der Waals surface area contributed by atoms with E-state index in [4.69, 9.17) is 0 Å². The summed E-state index contributed by atoms with van der Waals surface area (Å²) in [4.78, 5) is 8.27. The summed E-state index contributed by atoms with van der Waals surface area (Å²) in [5, 5.41) is 9.88. The molecule has 0 spiro atoms. The van der Waals surface area contributed by atoms with Gasteiger partial charge in [-0.15, -0.1) is 11.3 Å². The first kappa shape index (κ1) is 8.33. The minimum Gasteiger partial charge on any atom is -0.313 e. The van der Waals surface area contributed by atoms with Crippen LogP contribution < -0.4 is 5.32 Å². The van der Waals surface area contributed by atoms with Crippen LogP contribution in [0.3, 0.4) is 0 Å². The van der Waals surface area contributed by atoms with Gasteiger partial charge in [0.1, 0.15) is 12.2 Å². The van der Waals surface area contributed by atoms with E-state index in [0.717, 1.165) is 11.0 Å². The van der Waals surface area contributed by atoms with Gasteiger partial charge >= 0.3 is 0 Å². The zero-order valence-corrected chi connectivity index (χ0v) is 7.95. The summed E-state index contributed by atoms with van der Waals surface area (Å²) < 4.78 is 1.74. The highest BCUT2D eigenvalue weighted by Gasteiger charge is 2.06. The van der Waals surface area contributed by atoms with Crippen LogP contribution in [0.5, 0.6) is 0 Å². The minimum atomic E-state index is 0.694. The van der Waals surface area contributed by atoms with Gasteiger partial charge in [0.25, 0.3) is 0 Å². The fourth-order valence-electron chi connectivity index (χ4n) is 1.02. The monoisotopic (exact) mass is 195 g/mol. The lowest BCUT2D eigenvalue weighted by molar-refractivity contribution is 0.710. The lowest BCUT2D eigenvalue weighted by Crippen LogP contribution is -2.11. The van der Waals surface area contributed by atoms with Crippen LogP contribution in [-0.2, 0) is 6.54 Å². The molecule has 0 aromatic carbocycles. The molecule has 0 atom stereocenters. The second-order valence-electron chi connectivity index (χ2n) is 2.43. The van der Waals surface area contributed by atoms with Gasteiger partial charge in [0.15, 0.2) is 0 Å². The second kappa shape index (κ2) is 3.63. The van der Waals surface area contributed by atoms with Gasteiger partial charge in [-0.25, -0.2) is 9.97 Å². The van der Waals surface area contributed by atoms with E-state index >= 15 is 0 Å². The molecule has 1 N–H and O–H groups in total. The number of hydrogen-bond donors (Lipinski definition) is 1. The molecule has 0 amide bonds. The molecular formula is C7H9N5S. The number of rotatable bonds is 3. The number of aromatic nitrogens is 4. The number of hydrogen-bond acceptors (Lipinski definition) is 5. The third-order valence-electron chi connectivity index (χ3n) is 1.55. The molecule has 0 bridgehead atoms. The lowest BCUT2D eigenvalue weighted by atomic mass is 10.6. The molecule has 68 valence electrons. The third-order valence-corrected chi connectivity index (χ3v) is 2.30.